The molecule has 0 aliphatic carbocycles. The summed E-state index contributed by atoms with van der Waals surface area (Å²) in [5.74, 6) is 0.694. The first-order chi connectivity index (χ1) is 13.0. The van der Waals surface area contributed by atoms with Crippen LogP contribution in [0.3, 0.4) is 0 Å². The van der Waals surface area contributed by atoms with Crippen LogP contribution >= 0.6 is 0 Å². The van der Waals surface area contributed by atoms with Crippen LogP contribution in [0.15, 0.2) is 46.2 Å². The number of hydrogen-bond donors (Lipinski definition) is 1. The fraction of sp³-hybridized carbons (Fsp3) is 0.476. The lowest BCUT2D eigenvalue weighted by molar-refractivity contribution is 0.283. The molecule has 0 aliphatic heterocycles. The molecule has 0 saturated carbocycles. The highest BCUT2D eigenvalue weighted by Gasteiger charge is 2.18. The van der Waals surface area contributed by atoms with Crippen molar-refractivity contribution < 1.29 is 17.3 Å². The van der Waals surface area contributed by atoms with Crippen molar-refractivity contribution in [3.8, 4) is 5.75 Å². The largest absolute Gasteiger partial charge is 0.488 e. The first-order valence-corrected chi connectivity index (χ1v) is 10.7. The predicted molar refractivity (Wildman–Crippen MR) is 109 cm³/mol. The molecule has 1 N–H and O–H groups in total. The number of aromatic amines is 1. The van der Waals surface area contributed by atoms with Crippen molar-refractivity contribution in [2.75, 3.05) is 6.61 Å². The van der Waals surface area contributed by atoms with Gasteiger partial charge in [0.2, 0.25) is 5.43 Å². The van der Waals surface area contributed by atoms with Gasteiger partial charge in [-0.05, 0) is 35.4 Å². The average Bonchev–Trinajstić information content (AvgIpc) is 2.61. The first-order valence-electron chi connectivity index (χ1n) is 9.33. The van der Waals surface area contributed by atoms with E-state index in [4.69, 9.17) is 8.92 Å². The maximum atomic E-state index is 12.4. The first kappa shape index (κ1) is 22.2. The van der Waals surface area contributed by atoms with E-state index in [0.717, 1.165) is 12.0 Å². The molecule has 2 aromatic rings. The highest BCUT2D eigenvalue weighted by atomic mass is 32.2. The Balaban J connectivity index is 2.02. The minimum absolute atomic E-state index is 0.0678. The van der Waals surface area contributed by atoms with E-state index in [1.165, 1.54) is 24.4 Å². The van der Waals surface area contributed by atoms with Crippen LogP contribution in [-0.2, 0) is 26.3 Å². The molecule has 2 rings (SSSR count). The van der Waals surface area contributed by atoms with Gasteiger partial charge in [0.05, 0.1) is 11.5 Å². The molecule has 7 heteroatoms. The summed E-state index contributed by atoms with van der Waals surface area (Å²) in [5.41, 5.74) is 1.01. The van der Waals surface area contributed by atoms with Crippen LogP contribution in [-0.4, -0.2) is 20.0 Å². The Bertz CT molecular complexity index is 938. The minimum atomic E-state index is -3.92. The van der Waals surface area contributed by atoms with Gasteiger partial charge < -0.3 is 9.72 Å². The van der Waals surface area contributed by atoms with Crippen LogP contribution < -0.4 is 10.2 Å². The van der Waals surface area contributed by atoms with Crippen LogP contribution in [0.2, 0.25) is 0 Å². The molecule has 0 atom stereocenters. The standard InChI is InChI=1S/C21H29NO5S/c1-15(2)10-11-26-20-13-22-17(12-19(20)23)14-27-28(24,25)18-8-6-16(7-9-18)21(3,4)5/h6-9,12-13,15H,10-11,14H2,1-5H3,(H,22,23). The van der Waals surface area contributed by atoms with E-state index in [-0.39, 0.29) is 28.1 Å². The van der Waals surface area contributed by atoms with Crippen molar-refractivity contribution >= 4 is 10.1 Å². The van der Waals surface area contributed by atoms with Gasteiger partial charge in [-0.3, -0.25) is 8.98 Å². The highest BCUT2D eigenvalue weighted by molar-refractivity contribution is 7.86. The molecule has 0 saturated heterocycles. The highest BCUT2D eigenvalue weighted by Crippen LogP contribution is 2.24. The number of nitrogens with one attached hydrogen (secondary N) is 1. The van der Waals surface area contributed by atoms with Crippen molar-refractivity contribution in [1.29, 1.82) is 0 Å². The van der Waals surface area contributed by atoms with E-state index in [2.05, 4.69) is 39.6 Å². The van der Waals surface area contributed by atoms with Gasteiger partial charge in [0.25, 0.3) is 10.1 Å². The predicted octanol–water partition coefficient (Wildman–Crippen LogP) is 4.00. The third kappa shape index (κ3) is 6.21. The molecular formula is C21H29NO5S. The van der Waals surface area contributed by atoms with Gasteiger partial charge in [-0.25, -0.2) is 0 Å². The second kappa shape index (κ2) is 8.92. The Hall–Kier alpha value is -2.12. The van der Waals surface area contributed by atoms with Gasteiger partial charge in [0.1, 0.15) is 6.61 Å². The fourth-order valence-electron chi connectivity index (χ4n) is 2.43. The Morgan fingerprint density at radius 2 is 1.75 bits per heavy atom. The molecule has 154 valence electrons. The number of hydrogen-bond acceptors (Lipinski definition) is 5. The van der Waals surface area contributed by atoms with E-state index in [9.17, 15) is 13.2 Å². The lowest BCUT2D eigenvalue weighted by atomic mass is 9.87. The van der Waals surface area contributed by atoms with Crippen molar-refractivity contribution in [1.82, 2.24) is 4.98 Å². The van der Waals surface area contributed by atoms with Crippen LogP contribution in [0.1, 0.15) is 52.3 Å². The van der Waals surface area contributed by atoms with Gasteiger partial charge in [0.15, 0.2) is 5.75 Å². The van der Waals surface area contributed by atoms with Crippen molar-refractivity contribution in [2.45, 2.75) is 58.0 Å². The number of aromatic nitrogens is 1. The molecule has 1 heterocycles. The van der Waals surface area contributed by atoms with Crippen molar-refractivity contribution in [3.63, 3.8) is 0 Å². The zero-order valence-electron chi connectivity index (χ0n) is 17.1. The Morgan fingerprint density at radius 3 is 2.29 bits per heavy atom. The monoisotopic (exact) mass is 407 g/mol. The normalized spacial score (nSPS) is 12.4. The molecule has 0 spiro atoms. The molecule has 0 amide bonds. The summed E-state index contributed by atoms with van der Waals surface area (Å²) >= 11 is 0. The number of H-pyrrole nitrogens is 1. The molecule has 28 heavy (non-hydrogen) atoms. The lowest BCUT2D eigenvalue weighted by Crippen LogP contribution is -2.14. The molecule has 6 nitrogen and oxygen atoms in total. The van der Waals surface area contributed by atoms with Gasteiger partial charge in [0, 0.05) is 18.0 Å². The summed E-state index contributed by atoms with van der Waals surface area (Å²) in [6.45, 7) is 10.5. The molecule has 0 aliphatic rings. The second-order valence-electron chi connectivity index (χ2n) is 8.21. The third-order valence-electron chi connectivity index (χ3n) is 4.27. The molecule has 0 radical (unpaired) electrons. The van der Waals surface area contributed by atoms with Crippen LogP contribution in [0.25, 0.3) is 0 Å². The number of ether oxygens (including phenoxy) is 1. The molecule has 1 aromatic heterocycles. The minimum Gasteiger partial charge on any atom is -0.488 e. The molecule has 0 bridgehead atoms. The Kier molecular flexibility index (Phi) is 7.06. The number of rotatable bonds is 8. The topological polar surface area (TPSA) is 85.5 Å². The Morgan fingerprint density at radius 1 is 1.11 bits per heavy atom. The van der Waals surface area contributed by atoms with Crippen LogP contribution in [0, 0.1) is 5.92 Å². The van der Waals surface area contributed by atoms with Gasteiger partial charge >= 0.3 is 0 Å². The number of pyridine rings is 1. The lowest BCUT2D eigenvalue weighted by Gasteiger charge is -2.19. The summed E-state index contributed by atoms with van der Waals surface area (Å²) in [5, 5.41) is 0. The fourth-order valence-corrected chi connectivity index (χ4v) is 3.32. The van der Waals surface area contributed by atoms with E-state index >= 15 is 0 Å². The second-order valence-corrected chi connectivity index (χ2v) is 9.82. The van der Waals surface area contributed by atoms with Gasteiger partial charge in [-0.15, -0.1) is 0 Å². The molecule has 0 unspecified atom stereocenters. The summed E-state index contributed by atoms with van der Waals surface area (Å²) in [6, 6.07) is 7.92. The number of benzene rings is 1. The maximum Gasteiger partial charge on any atom is 0.297 e. The smallest absolute Gasteiger partial charge is 0.297 e. The summed E-state index contributed by atoms with van der Waals surface area (Å²) in [7, 11) is -3.92. The van der Waals surface area contributed by atoms with Crippen LogP contribution in [0.5, 0.6) is 5.75 Å². The van der Waals surface area contributed by atoms with Crippen molar-refractivity contribution in [2.24, 2.45) is 5.92 Å². The SMILES string of the molecule is CC(C)CCOc1c[nH]c(COS(=O)(=O)c2ccc(C(C)(C)C)cc2)cc1=O. The Labute approximate surface area is 167 Å². The van der Waals surface area contributed by atoms with Gasteiger partial charge in [-0.2, -0.15) is 8.42 Å². The quantitative estimate of drug-likeness (QED) is 0.669. The summed E-state index contributed by atoms with van der Waals surface area (Å²) in [6.07, 6.45) is 2.28. The maximum absolute atomic E-state index is 12.4. The molecule has 0 fully saturated rings. The van der Waals surface area contributed by atoms with Crippen LogP contribution in [0.4, 0.5) is 0 Å². The van der Waals surface area contributed by atoms with E-state index in [0.29, 0.717) is 18.2 Å². The van der Waals surface area contributed by atoms with E-state index < -0.39 is 10.1 Å². The molecule has 1 aromatic carbocycles. The third-order valence-corrected chi connectivity index (χ3v) is 5.55. The van der Waals surface area contributed by atoms with Gasteiger partial charge in [-0.1, -0.05) is 46.8 Å². The average molecular weight is 408 g/mol. The zero-order valence-corrected chi connectivity index (χ0v) is 17.9. The van der Waals surface area contributed by atoms with E-state index in [1.54, 1.807) is 12.1 Å². The molecular weight excluding hydrogens is 378 g/mol. The zero-order chi connectivity index (χ0) is 20.9. The summed E-state index contributed by atoms with van der Waals surface area (Å²) < 4.78 is 35.3. The van der Waals surface area contributed by atoms with Crippen molar-refractivity contribution in [3.05, 3.63) is 58.0 Å². The van der Waals surface area contributed by atoms with E-state index in [1.807, 2.05) is 0 Å². The summed E-state index contributed by atoms with van der Waals surface area (Å²) in [4.78, 5) is 15.0.